The lowest BCUT2D eigenvalue weighted by Crippen LogP contribution is -2.20. The Kier molecular flexibility index (Phi) is 3.89. The maximum absolute atomic E-state index is 6.33. The first-order valence-corrected chi connectivity index (χ1v) is 6.41. The van der Waals surface area contributed by atoms with Crippen molar-refractivity contribution in [1.29, 1.82) is 0 Å². The van der Waals surface area contributed by atoms with Gasteiger partial charge in [0, 0.05) is 6.04 Å². The molecule has 3 heteroatoms. The van der Waals surface area contributed by atoms with Crippen LogP contribution >= 0.6 is 0 Å². The van der Waals surface area contributed by atoms with E-state index in [1.54, 1.807) is 0 Å². The van der Waals surface area contributed by atoms with Gasteiger partial charge in [0.15, 0.2) is 11.5 Å². The topological polar surface area (TPSA) is 44.5 Å². The zero-order chi connectivity index (χ0) is 12.3. The molecule has 0 saturated carbocycles. The van der Waals surface area contributed by atoms with E-state index in [9.17, 15) is 0 Å². The highest BCUT2D eigenvalue weighted by Gasteiger charge is 2.20. The molecular formula is C14H21NO2. The highest BCUT2D eigenvalue weighted by Crippen LogP contribution is 2.36. The second-order valence-corrected chi connectivity index (χ2v) is 4.60. The van der Waals surface area contributed by atoms with E-state index in [1.165, 1.54) is 12.8 Å². The molecule has 1 heterocycles. The summed E-state index contributed by atoms with van der Waals surface area (Å²) in [5.74, 6) is 2.19. The van der Waals surface area contributed by atoms with E-state index in [4.69, 9.17) is 15.2 Å². The van der Waals surface area contributed by atoms with Crippen LogP contribution in [0.3, 0.4) is 0 Å². The highest BCUT2D eigenvalue weighted by molar-refractivity contribution is 5.45. The van der Waals surface area contributed by atoms with Crippen molar-refractivity contribution in [1.82, 2.24) is 0 Å². The van der Waals surface area contributed by atoms with Crippen LogP contribution in [0.2, 0.25) is 0 Å². The van der Waals surface area contributed by atoms with Gasteiger partial charge in [-0.1, -0.05) is 32.8 Å². The fraction of sp³-hybridized carbons (Fsp3) is 0.571. The van der Waals surface area contributed by atoms with Gasteiger partial charge < -0.3 is 15.2 Å². The third kappa shape index (κ3) is 2.55. The minimum atomic E-state index is 0.0921. The van der Waals surface area contributed by atoms with E-state index in [-0.39, 0.29) is 6.04 Å². The molecular weight excluding hydrogens is 214 g/mol. The number of hydrogen-bond donors (Lipinski definition) is 1. The van der Waals surface area contributed by atoms with E-state index < -0.39 is 0 Å². The first-order chi connectivity index (χ1) is 8.26. The van der Waals surface area contributed by atoms with Gasteiger partial charge in [-0.2, -0.15) is 0 Å². The SMILES string of the molecule is CCCC(CC)C(N)c1ccc2c(c1)OCO2. The van der Waals surface area contributed by atoms with Crippen molar-refractivity contribution in [3.63, 3.8) is 0 Å². The Morgan fingerprint density at radius 3 is 2.71 bits per heavy atom. The van der Waals surface area contributed by atoms with E-state index in [2.05, 4.69) is 19.9 Å². The molecule has 1 aliphatic rings. The monoisotopic (exact) mass is 235 g/mol. The Labute approximate surface area is 103 Å². The minimum Gasteiger partial charge on any atom is -0.454 e. The summed E-state index contributed by atoms with van der Waals surface area (Å²) in [7, 11) is 0. The summed E-state index contributed by atoms with van der Waals surface area (Å²) in [6, 6.07) is 6.12. The normalized spacial score (nSPS) is 16.9. The molecule has 1 aliphatic heterocycles. The molecule has 2 N–H and O–H groups in total. The van der Waals surface area contributed by atoms with Crippen molar-refractivity contribution in [3.05, 3.63) is 23.8 Å². The second kappa shape index (κ2) is 5.41. The van der Waals surface area contributed by atoms with Gasteiger partial charge in [0.2, 0.25) is 6.79 Å². The van der Waals surface area contributed by atoms with Crippen LogP contribution in [0.5, 0.6) is 11.5 Å². The van der Waals surface area contributed by atoms with Crippen LogP contribution < -0.4 is 15.2 Å². The summed E-state index contributed by atoms with van der Waals surface area (Å²) in [4.78, 5) is 0. The maximum atomic E-state index is 6.33. The van der Waals surface area contributed by atoms with Gasteiger partial charge in [-0.3, -0.25) is 0 Å². The molecule has 0 spiro atoms. The maximum Gasteiger partial charge on any atom is 0.231 e. The van der Waals surface area contributed by atoms with Crippen molar-refractivity contribution < 1.29 is 9.47 Å². The van der Waals surface area contributed by atoms with Gasteiger partial charge >= 0.3 is 0 Å². The molecule has 1 aromatic carbocycles. The lowest BCUT2D eigenvalue weighted by molar-refractivity contribution is 0.174. The third-order valence-corrected chi connectivity index (χ3v) is 3.47. The molecule has 0 bridgehead atoms. The third-order valence-electron chi connectivity index (χ3n) is 3.47. The van der Waals surface area contributed by atoms with Crippen molar-refractivity contribution >= 4 is 0 Å². The van der Waals surface area contributed by atoms with Crippen LogP contribution in [0.4, 0.5) is 0 Å². The molecule has 0 aromatic heterocycles. The first-order valence-electron chi connectivity index (χ1n) is 6.41. The van der Waals surface area contributed by atoms with Crippen molar-refractivity contribution in [3.8, 4) is 11.5 Å². The average molecular weight is 235 g/mol. The van der Waals surface area contributed by atoms with Crippen molar-refractivity contribution in [2.75, 3.05) is 6.79 Å². The molecule has 0 amide bonds. The summed E-state index contributed by atoms with van der Waals surface area (Å²) < 4.78 is 10.7. The number of rotatable bonds is 5. The van der Waals surface area contributed by atoms with Gasteiger partial charge in [-0.05, 0) is 30.0 Å². The molecule has 0 fully saturated rings. The Morgan fingerprint density at radius 1 is 1.24 bits per heavy atom. The van der Waals surface area contributed by atoms with Gasteiger partial charge in [0.1, 0.15) is 0 Å². The number of fused-ring (bicyclic) bond motifs is 1. The molecule has 2 atom stereocenters. The Morgan fingerprint density at radius 2 is 2.00 bits per heavy atom. The number of benzene rings is 1. The van der Waals surface area contributed by atoms with E-state index in [1.807, 2.05) is 12.1 Å². The molecule has 94 valence electrons. The Hall–Kier alpha value is -1.22. The van der Waals surface area contributed by atoms with Crippen molar-refractivity contribution in [2.24, 2.45) is 11.7 Å². The van der Waals surface area contributed by atoms with Crippen LogP contribution in [0.25, 0.3) is 0 Å². The summed E-state index contributed by atoms with van der Waals surface area (Å²) in [5, 5.41) is 0. The zero-order valence-corrected chi connectivity index (χ0v) is 10.6. The molecule has 3 nitrogen and oxygen atoms in total. The van der Waals surface area contributed by atoms with Gasteiger partial charge in [-0.15, -0.1) is 0 Å². The van der Waals surface area contributed by atoms with Gasteiger partial charge in [0.25, 0.3) is 0 Å². The Bertz CT molecular complexity index is 378. The standard InChI is InChI=1S/C14H21NO2/c1-3-5-10(4-2)14(15)11-6-7-12-13(8-11)17-9-16-12/h6-8,10,14H,3-5,9,15H2,1-2H3. The summed E-state index contributed by atoms with van der Waals surface area (Å²) in [6.07, 6.45) is 3.46. The first kappa shape index (κ1) is 12.2. The van der Waals surface area contributed by atoms with E-state index in [0.29, 0.717) is 12.7 Å². The second-order valence-electron chi connectivity index (χ2n) is 4.60. The molecule has 0 aliphatic carbocycles. The predicted molar refractivity (Wildman–Crippen MR) is 68.2 cm³/mol. The van der Waals surface area contributed by atoms with Crippen LogP contribution in [-0.2, 0) is 0 Å². The molecule has 2 rings (SSSR count). The fourth-order valence-electron chi connectivity index (χ4n) is 2.40. The average Bonchev–Trinajstić information content (AvgIpc) is 2.82. The largest absolute Gasteiger partial charge is 0.454 e. The smallest absolute Gasteiger partial charge is 0.231 e. The Balaban J connectivity index is 2.15. The lowest BCUT2D eigenvalue weighted by Gasteiger charge is -2.22. The van der Waals surface area contributed by atoms with E-state index in [0.717, 1.165) is 23.5 Å². The predicted octanol–water partition coefficient (Wildman–Crippen LogP) is 3.24. The van der Waals surface area contributed by atoms with Crippen LogP contribution in [0.15, 0.2) is 18.2 Å². The molecule has 17 heavy (non-hydrogen) atoms. The highest BCUT2D eigenvalue weighted by atomic mass is 16.7. The molecule has 2 unspecified atom stereocenters. The van der Waals surface area contributed by atoms with Crippen LogP contribution in [0, 0.1) is 5.92 Å². The molecule has 0 radical (unpaired) electrons. The van der Waals surface area contributed by atoms with Crippen molar-refractivity contribution in [2.45, 2.75) is 39.2 Å². The van der Waals surface area contributed by atoms with Gasteiger partial charge in [0.05, 0.1) is 0 Å². The molecule has 0 saturated heterocycles. The fourth-order valence-corrected chi connectivity index (χ4v) is 2.40. The summed E-state index contributed by atoms with van der Waals surface area (Å²) >= 11 is 0. The zero-order valence-electron chi connectivity index (χ0n) is 10.6. The number of ether oxygens (including phenoxy) is 2. The minimum absolute atomic E-state index is 0.0921. The number of nitrogens with two attached hydrogens (primary N) is 1. The summed E-state index contributed by atoms with van der Waals surface area (Å²) in [6.45, 7) is 4.72. The van der Waals surface area contributed by atoms with Crippen LogP contribution in [-0.4, -0.2) is 6.79 Å². The lowest BCUT2D eigenvalue weighted by atomic mass is 9.88. The molecule has 1 aromatic rings. The number of hydrogen-bond acceptors (Lipinski definition) is 3. The van der Waals surface area contributed by atoms with Gasteiger partial charge in [-0.25, -0.2) is 0 Å². The summed E-state index contributed by atoms with van der Waals surface area (Å²) in [5.41, 5.74) is 7.48. The van der Waals surface area contributed by atoms with E-state index >= 15 is 0 Å². The van der Waals surface area contributed by atoms with Crippen LogP contribution in [0.1, 0.15) is 44.7 Å². The quantitative estimate of drug-likeness (QED) is 0.852.